The van der Waals surface area contributed by atoms with Crippen LogP contribution in [0.3, 0.4) is 0 Å². The number of fused-ring (bicyclic) bond motifs is 1. The van der Waals surface area contributed by atoms with Crippen LogP contribution < -0.4 is 16.4 Å². The Balaban J connectivity index is 1.53. The highest BCUT2D eigenvalue weighted by Gasteiger charge is 2.25. The lowest BCUT2D eigenvalue weighted by Gasteiger charge is -2.25. The van der Waals surface area contributed by atoms with Gasteiger partial charge in [-0.15, -0.1) is 11.3 Å². The molecule has 4 N–H and O–H groups in total. The maximum Gasteiger partial charge on any atom is 0.317 e. The van der Waals surface area contributed by atoms with Gasteiger partial charge in [-0.2, -0.15) is 0 Å². The quantitative estimate of drug-likeness (QED) is 0.562. The molecule has 0 saturated heterocycles. The van der Waals surface area contributed by atoms with Gasteiger partial charge in [0.25, 0.3) is 5.91 Å². The fourth-order valence-corrected chi connectivity index (χ4v) is 4.41. The van der Waals surface area contributed by atoms with Crippen LogP contribution in [0.15, 0.2) is 42.5 Å². The monoisotopic (exact) mass is 421 g/mol. The van der Waals surface area contributed by atoms with Crippen molar-refractivity contribution in [2.75, 3.05) is 24.6 Å². The highest BCUT2D eigenvalue weighted by molar-refractivity contribution is 7.13. The van der Waals surface area contributed by atoms with E-state index in [4.69, 9.17) is 5.73 Å². The van der Waals surface area contributed by atoms with Gasteiger partial charge in [0.1, 0.15) is 0 Å². The number of aryl methyl sites for hydroxylation is 1. The number of thiazole rings is 1. The van der Waals surface area contributed by atoms with Gasteiger partial charge in [0.05, 0.1) is 23.6 Å². The normalized spacial score (nSPS) is 12.9. The predicted octanol–water partition coefficient (Wildman–Crippen LogP) is 3.65. The molecule has 1 aliphatic heterocycles. The number of rotatable bonds is 3. The summed E-state index contributed by atoms with van der Waals surface area (Å²) in [6.07, 6.45) is 0.636. The van der Waals surface area contributed by atoms with Crippen LogP contribution in [0, 0.1) is 6.92 Å². The molecule has 1 aromatic heterocycles. The number of hydrogen-bond acceptors (Lipinski definition) is 5. The number of nitrogens with zero attached hydrogens (tertiary/aromatic N) is 2. The lowest BCUT2D eigenvalue weighted by molar-refractivity contribution is 0.102. The fourth-order valence-electron chi connectivity index (χ4n) is 3.39. The second-order valence-corrected chi connectivity index (χ2v) is 8.32. The van der Waals surface area contributed by atoms with Crippen molar-refractivity contribution in [1.82, 2.24) is 15.2 Å². The van der Waals surface area contributed by atoms with E-state index < -0.39 is 0 Å². The largest absolute Gasteiger partial charge is 0.397 e. The smallest absolute Gasteiger partial charge is 0.317 e. The molecule has 0 saturated carbocycles. The predicted molar refractivity (Wildman–Crippen MR) is 120 cm³/mol. The van der Waals surface area contributed by atoms with Crippen LogP contribution in [0.5, 0.6) is 0 Å². The van der Waals surface area contributed by atoms with Crippen LogP contribution in [0.1, 0.15) is 25.9 Å². The summed E-state index contributed by atoms with van der Waals surface area (Å²) in [5, 5.41) is 5.90. The van der Waals surface area contributed by atoms with Gasteiger partial charge < -0.3 is 21.3 Å². The van der Waals surface area contributed by atoms with E-state index in [9.17, 15) is 9.59 Å². The minimum absolute atomic E-state index is 0.124. The third-order valence-corrected chi connectivity index (χ3v) is 6.19. The first-order valence-corrected chi connectivity index (χ1v) is 10.5. The zero-order chi connectivity index (χ0) is 21.3. The van der Waals surface area contributed by atoms with Crippen LogP contribution in [-0.4, -0.2) is 35.4 Å². The van der Waals surface area contributed by atoms with Gasteiger partial charge in [-0.05, 0) is 30.2 Å². The zero-order valence-corrected chi connectivity index (χ0v) is 17.7. The summed E-state index contributed by atoms with van der Waals surface area (Å²) in [5.74, 6) is -0.298. The lowest BCUT2D eigenvalue weighted by atomic mass is 10.0. The Morgan fingerprint density at radius 1 is 1.13 bits per heavy atom. The molecule has 0 fully saturated rings. The van der Waals surface area contributed by atoms with Crippen molar-refractivity contribution in [2.24, 2.45) is 0 Å². The number of benzene rings is 2. The standard InChI is InChI=1S/C22H23N5O2S/c1-13-3-5-14(6-4-13)15-7-8-16(23)18(11-15)25-20(28)21-26-17-9-10-27(22(29)24-2)12-19(17)30-21/h3-8,11H,9-10,12,23H2,1-2H3,(H,24,29)(H,25,28). The van der Waals surface area contributed by atoms with Gasteiger partial charge in [-0.25, -0.2) is 9.78 Å². The first-order chi connectivity index (χ1) is 14.4. The maximum atomic E-state index is 12.8. The SMILES string of the molecule is CNC(=O)N1CCc2nc(C(=O)Nc3cc(-c4ccc(C)cc4)ccc3N)sc2C1. The van der Waals surface area contributed by atoms with E-state index in [1.54, 1.807) is 18.0 Å². The number of aromatic nitrogens is 1. The third kappa shape index (κ3) is 3.99. The van der Waals surface area contributed by atoms with Crippen LogP contribution in [-0.2, 0) is 13.0 Å². The number of nitrogens with one attached hydrogen (secondary N) is 2. The molecule has 0 unspecified atom stereocenters. The van der Waals surface area contributed by atoms with Gasteiger partial charge in [0.15, 0.2) is 5.01 Å². The Kier molecular flexibility index (Phi) is 5.41. The van der Waals surface area contributed by atoms with Gasteiger partial charge in [-0.1, -0.05) is 35.9 Å². The Bertz CT molecular complexity index is 1110. The molecule has 2 aromatic carbocycles. The number of amides is 3. The van der Waals surface area contributed by atoms with Crippen LogP contribution in [0.4, 0.5) is 16.2 Å². The third-order valence-electron chi connectivity index (χ3n) is 5.11. The molecule has 0 bridgehead atoms. The van der Waals surface area contributed by atoms with Crippen molar-refractivity contribution >= 4 is 34.6 Å². The van der Waals surface area contributed by atoms with Crippen LogP contribution in [0.25, 0.3) is 11.1 Å². The summed E-state index contributed by atoms with van der Waals surface area (Å²) < 4.78 is 0. The van der Waals surface area contributed by atoms with Crippen molar-refractivity contribution in [3.05, 3.63) is 63.6 Å². The molecule has 2 heterocycles. The molecule has 0 atom stereocenters. The van der Waals surface area contributed by atoms with Crippen LogP contribution in [0.2, 0.25) is 0 Å². The topological polar surface area (TPSA) is 100 Å². The summed E-state index contributed by atoms with van der Waals surface area (Å²) in [6, 6.07) is 13.7. The van der Waals surface area contributed by atoms with Gasteiger partial charge in [0, 0.05) is 24.9 Å². The summed E-state index contributed by atoms with van der Waals surface area (Å²) in [6.45, 7) is 3.09. The minimum atomic E-state index is -0.298. The van der Waals surface area contributed by atoms with Crippen molar-refractivity contribution in [1.29, 1.82) is 0 Å². The summed E-state index contributed by atoms with van der Waals surface area (Å²) in [7, 11) is 1.61. The molecule has 3 amide bonds. The number of anilines is 2. The first kappa shape index (κ1) is 19.9. The molecule has 4 rings (SSSR count). The second kappa shape index (κ2) is 8.16. The van der Waals surface area contributed by atoms with E-state index in [1.807, 2.05) is 43.3 Å². The number of nitrogens with two attached hydrogens (primary N) is 1. The number of carbonyl (C=O) groups is 2. The van der Waals surface area contributed by atoms with Gasteiger partial charge >= 0.3 is 6.03 Å². The first-order valence-electron chi connectivity index (χ1n) is 9.67. The summed E-state index contributed by atoms with van der Waals surface area (Å²) >= 11 is 1.32. The summed E-state index contributed by atoms with van der Waals surface area (Å²) in [4.78, 5) is 31.9. The molecular weight excluding hydrogens is 398 g/mol. The molecule has 0 aliphatic carbocycles. The van der Waals surface area contributed by atoms with E-state index >= 15 is 0 Å². The van der Waals surface area contributed by atoms with E-state index in [1.165, 1.54) is 16.9 Å². The van der Waals surface area contributed by atoms with Crippen molar-refractivity contribution in [3.63, 3.8) is 0 Å². The average Bonchev–Trinajstić information content (AvgIpc) is 3.19. The highest BCUT2D eigenvalue weighted by Crippen LogP contribution is 2.29. The zero-order valence-electron chi connectivity index (χ0n) is 16.9. The van der Waals surface area contributed by atoms with Crippen LogP contribution >= 0.6 is 11.3 Å². The van der Waals surface area contributed by atoms with Crippen molar-refractivity contribution in [2.45, 2.75) is 19.9 Å². The lowest BCUT2D eigenvalue weighted by Crippen LogP contribution is -2.40. The van der Waals surface area contributed by atoms with E-state index in [0.29, 0.717) is 35.9 Å². The van der Waals surface area contributed by atoms with E-state index in [0.717, 1.165) is 21.7 Å². The Morgan fingerprint density at radius 2 is 1.87 bits per heavy atom. The molecule has 0 spiro atoms. The number of hydrogen-bond donors (Lipinski definition) is 3. The molecule has 3 aromatic rings. The average molecular weight is 422 g/mol. The molecule has 1 aliphatic rings. The molecule has 7 nitrogen and oxygen atoms in total. The Labute approximate surface area is 178 Å². The highest BCUT2D eigenvalue weighted by atomic mass is 32.1. The number of nitrogen functional groups attached to an aromatic ring is 1. The molecule has 0 radical (unpaired) electrons. The second-order valence-electron chi connectivity index (χ2n) is 7.24. The Morgan fingerprint density at radius 3 is 2.60 bits per heavy atom. The number of urea groups is 1. The molecule has 154 valence electrons. The number of carbonyl (C=O) groups excluding carboxylic acids is 2. The van der Waals surface area contributed by atoms with Gasteiger partial charge in [0.2, 0.25) is 0 Å². The van der Waals surface area contributed by atoms with Gasteiger partial charge in [-0.3, -0.25) is 4.79 Å². The van der Waals surface area contributed by atoms with E-state index in [2.05, 4.69) is 15.6 Å². The molecule has 8 heteroatoms. The maximum absolute atomic E-state index is 12.8. The fraction of sp³-hybridized carbons (Fsp3) is 0.227. The summed E-state index contributed by atoms with van der Waals surface area (Å²) in [5.41, 5.74) is 11.2. The van der Waals surface area contributed by atoms with Crippen molar-refractivity contribution < 1.29 is 9.59 Å². The van der Waals surface area contributed by atoms with Crippen molar-refractivity contribution in [3.8, 4) is 11.1 Å². The Hall–Kier alpha value is -3.39. The van der Waals surface area contributed by atoms with E-state index in [-0.39, 0.29) is 11.9 Å². The minimum Gasteiger partial charge on any atom is -0.397 e. The molecular formula is C22H23N5O2S. The molecule has 30 heavy (non-hydrogen) atoms.